The first kappa shape index (κ1) is 16.7. The quantitative estimate of drug-likeness (QED) is 0.800. The van der Waals surface area contributed by atoms with Crippen LogP contribution >= 0.6 is 0 Å². The van der Waals surface area contributed by atoms with Gasteiger partial charge in [-0.25, -0.2) is 13.6 Å². The highest BCUT2D eigenvalue weighted by atomic mass is 19.2. The molecule has 1 aromatic rings. The van der Waals surface area contributed by atoms with Gasteiger partial charge in [0.2, 0.25) is 0 Å². The van der Waals surface area contributed by atoms with E-state index in [9.17, 15) is 13.6 Å². The van der Waals surface area contributed by atoms with Gasteiger partial charge in [0.05, 0.1) is 6.04 Å². The Morgan fingerprint density at radius 3 is 2.64 bits per heavy atom. The minimum absolute atomic E-state index is 0.0624. The highest BCUT2D eigenvalue weighted by molar-refractivity contribution is 5.74. The number of halogens is 2. The second-order valence-electron chi connectivity index (χ2n) is 5.88. The maximum absolute atomic E-state index is 13.7. The van der Waals surface area contributed by atoms with Crippen molar-refractivity contribution in [3.05, 3.63) is 35.4 Å². The lowest BCUT2D eigenvalue weighted by Gasteiger charge is -2.28. The molecule has 1 saturated carbocycles. The van der Waals surface area contributed by atoms with Gasteiger partial charge in [-0.1, -0.05) is 12.1 Å². The van der Waals surface area contributed by atoms with Crippen molar-refractivity contribution in [3.8, 4) is 0 Å². The molecular formula is C16H22F2N2O2. The van der Waals surface area contributed by atoms with E-state index >= 15 is 0 Å². The molecule has 0 bridgehead atoms. The number of hydrogen-bond acceptors (Lipinski definition) is 2. The molecule has 1 aliphatic rings. The summed E-state index contributed by atoms with van der Waals surface area (Å²) < 4.78 is 26.9. The van der Waals surface area contributed by atoms with Gasteiger partial charge in [-0.05, 0) is 44.6 Å². The molecule has 1 atom stereocenters. The van der Waals surface area contributed by atoms with Crippen molar-refractivity contribution in [2.75, 3.05) is 6.61 Å². The summed E-state index contributed by atoms with van der Waals surface area (Å²) in [6.07, 6.45) is 3.41. The molecule has 0 heterocycles. The van der Waals surface area contributed by atoms with E-state index in [1.165, 1.54) is 12.1 Å². The molecule has 0 spiro atoms. The van der Waals surface area contributed by atoms with Crippen molar-refractivity contribution in [1.82, 2.24) is 10.6 Å². The van der Waals surface area contributed by atoms with E-state index in [1.807, 2.05) is 0 Å². The van der Waals surface area contributed by atoms with Crippen LogP contribution in [0.2, 0.25) is 0 Å². The summed E-state index contributed by atoms with van der Waals surface area (Å²) in [4.78, 5) is 12.0. The van der Waals surface area contributed by atoms with Gasteiger partial charge in [-0.15, -0.1) is 0 Å². The van der Waals surface area contributed by atoms with E-state index in [2.05, 4.69) is 10.6 Å². The summed E-state index contributed by atoms with van der Waals surface area (Å²) in [7, 11) is 0. The average Bonchev–Trinajstić information content (AvgIpc) is 2.50. The second kappa shape index (κ2) is 7.54. The molecule has 22 heavy (non-hydrogen) atoms. The Morgan fingerprint density at radius 1 is 1.32 bits per heavy atom. The number of nitrogens with one attached hydrogen (secondary N) is 2. The molecule has 0 radical (unpaired) electrons. The lowest BCUT2D eigenvalue weighted by molar-refractivity contribution is 0.174. The normalized spacial score (nSPS) is 22.9. The largest absolute Gasteiger partial charge is 0.396 e. The fourth-order valence-corrected chi connectivity index (χ4v) is 2.85. The Kier molecular flexibility index (Phi) is 5.71. The lowest BCUT2D eigenvalue weighted by atomic mass is 9.87. The number of hydrogen-bond donors (Lipinski definition) is 3. The molecule has 1 aliphatic carbocycles. The Hall–Kier alpha value is -1.69. The summed E-state index contributed by atoms with van der Waals surface area (Å²) in [6.45, 7) is 1.80. The van der Waals surface area contributed by atoms with Gasteiger partial charge in [0.25, 0.3) is 0 Å². The Morgan fingerprint density at radius 2 is 2.00 bits per heavy atom. The number of amides is 2. The lowest BCUT2D eigenvalue weighted by Crippen LogP contribution is -2.44. The number of rotatable bonds is 4. The van der Waals surface area contributed by atoms with Gasteiger partial charge in [-0.2, -0.15) is 0 Å². The minimum Gasteiger partial charge on any atom is -0.396 e. The molecule has 1 aromatic carbocycles. The van der Waals surface area contributed by atoms with Crippen molar-refractivity contribution in [3.63, 3.8) is 0 Å². The standard InChI is InChI=1S/C16H22F2N2O2/c1-10(13-3-2-4-14(17)15(13)18)19-16(22)20-12-7-5-11(9-21)6-8-12/h2-4,10-12,21H,5-9H2,1H3,(H2,19,20,22). The summed E-state index contributed by atoms with van der Waals surface area (Å²) in [5.41, 5.74) is 0.124. The third kappa shape index (κ3) is 4.16. The molecule has 2 amide bonds. The van der Waals surface area contributed by atoms with Crippen LogP contribution in [0.1, 0.15) is 44.2 Å². The van der Waals surface area contributed by atoms with Crippen LogP contribution in [0.15, 0.2) is 18.2 Å². The van der Waals surface area contributed by atoms with Crippen LogP contribution in [0.3, 0.4) is 0 Å². The second-order valence-corrected chi connectivity index (χ2v) is 5.88. The fourth-order valence-electron chi connectivity index (χ4n) is 2.85. The van der Waals surface area contributed by atoms with Crippen LogP contribution in [-0.2, 0) is 0 Å². The average molecular weight is 312 g/mol. The third-order valence-corrected chi connectivity index (χ3v) is 4.24. The third-order valence-electron chi connectivity index (χ3n) is 4.24. The molecule has 0 aromatic heterocycles. The Labute approximate surface area is 128 Å². The molecule has 1 fully saturated rings. The minimum atomic E-state index is -0.932. The zero-order chi connectivity index (χ0) is 16.1. The van der Waals surface area contributed by atoms with E-state index in [4.69, 9.17) is 5.11 Å². The van der Waals surface area contributed by atoms with Crippen molar-refractivity contribution in [2.24, 2.45) is 5.92 Å². The van der Waals surface area contributed by atoms with Gasteiger partial charge in [0, 0.05) is 18.2 Å². The zero-order valence-electron chi connectivity index (χ0n) is 12.6. The predicted molar refractivity (Wildman–Crippen MR) is 79.3 cm³/mol. The summed E-state index contributed by atoms with van der Waals surface area (Å²) in [5.74, 6) is -1.53. The number of urea groups is 1. The topological polar surface area (TPSA) is 61.4 Å². The monoisotopic (exact) mass is 312 g/mol. The van der Waals surface area contributed by atoms with E-state index in [1.54, 1.807) is 6.92 Å². The van der Waals surface area contributed by atoms with Gasteiger partial charge < -0.3 is 15.7 Å². The molecule has 2 rings (SSSR count). The summed E-state index contributed by atoms with van der Waals surface area (Å²) in [6, 6.07) is 2.97. The van der Waals surface area contributed by atoms with Crippen molar-refractivity contribution in [2.45, 2.75) is 44.7 Å². The number of aliphatic hydroxyl groups is 1. The first-order valence-corrected chi connectivity index (χ1v) is 7.63. The first-order chi connectivity index (χ1) is 10.5. The van der Waals surface area contributed by atoms with Gasteiger partial charge in [0.15, 0.2) is 11.6 Å². The summed E-state index contributed by atoms with van der Waals surface area (Å²) >= 11 is 0. The molecule has 1 unspecified atom stereocenters. The van der Waals surface area contributed by atoms with Gasteiger partial charge in [-0.3, -0.25) is 0 Å². The number of carbonyl (C=O) groups excluding carboxylic acids is 1. The zero-order valence-corrected chi connectivity index (χ0v) is 12.6. The maximum Gasteiger partial charge on any atom is 0.315 e. The van der Waals surface area contributed by atoms with Crippen molar-refractivity contribution >= 4 is 6.03 Å². The van der Waals surface area contributed by atoms with Crippen LogP contribution in [0.25, 0.3) is 0 Å². The molecule has 6 heteroatoms. The van der Waals surface area contributed by atoms with Crippen molar-refractivity contribution < 1.29 is 18.7 Å². The highest BCUT2D eigenvalue weighted by Crippen LogP contribution is 2.24. The van der Waals surface area contributed by atoms with E-state index < -0.39 is 17.7 Å². The number of aliphatic hydroxyl groups excluding tert-OH is 1. The SMILES string of the molecule is CC(NC(=O)NC1CCC(CO)CC1)c1cccc(F)c1F. The van der Waals surface area contributed by atoms with Gasteiger partial charge >= 0.3 is 6.03 Å². The van der Waals surface area contributed by atoms with E-state index in [0.717, 1.165) is 31.7 Å². The molecular weight excluding hydrogens is 290 g/mol. The number of benzene rings is 1. The number of carbonyl (C=O) groups is 1. The van der Waals surface area contributed by atoms with E-state index in [-0.39, 0.29) is 24.2 Å². The Bertz CT molecular complexity index is 517. The van der Waals surface area contributed by atoms with Crippen LogP contribution in [0, 0.1) is 17.6 Å². The van der Waals surface area contributed by atoms with Gasteiger partial charge in [0.1, 0.15) is 0 Å². The Balaban J connectivity index is 1.85. The van der Waals surface area contributed by atoms with Crippen molar-refractivity contribution in [1.29, 1.82) is 0 Å². The maximum atomic E-state index is 13.7. The predicted octanol–water partition coefficient (Wildman–Crippen LogP) is 2.88. The smallest absolute Gasteiger partial charge is 0.315 e. The van der Waals surface area contributed by atoms with Crippen LogP contribution in [0.5, 0.6) is 0 Å². The molecule has 0 aliphatic heterocycles. The van der Waals surface area contributed by atoms with Crippen LogP contribution in [-0.4, -0.2) is 23.8 Å². The summed E-state index contributed by atoms with van der Waals surface area (Å²) in [5, 5.41) is 14.6. The molecule has 3 N–H and O–H groups in total. The fraction of sp³-hybridized carbons (Fsp3) is 0.562. The molecule has 122 valence electrons. The molecule has 4 nitrogen and oxygen atoms in total. The van der Waals surface area contributed by atoms with Crippen LogP contribution in [0.4, 0.5) is 13.6 Å². The van der Waals surface area contributed by atoms with Crippen LogP contribution < -0.4 is 10.6 Å². The first-order valence-electron chi connectivity index (χ1n) is 7.63. The highest BCUT2D eigenvalue weighted by Gasteiger charge is 2.23. The molecule has 0 saturated heterocycles. The van der Waals surface area contributed by atoms with E-state index in [0.29, 0.717) is 5.92 Å².